The van der Waals surface area contributed by atoms with Gasteiger partial charge in [-0.05, 0) is 41.4 Å². The van der Waals surface area contributed by atoms with Crippen molar-refractivity contribution < 1.29 is 9.53 Å². The zero-order chi connectivity index (χ0) is 14.3. The highest BCUT2D eigenvalue weighted by Crippen LogP contribution is 2.21. The molecule has 0 radical (unpaired) electrons. The number of carbonyl (C=O) groups is 1. The molecule has 3 heterocycles. The smallest absolute Gasteiger partial charge is 0.272 e. The van der Waals surface area contributed by atoms with Crippen LogP contribution in [0.2, 0.25) is 0 Å². The normalized spacial score (nSPS) is 15.8. The molecule has 0 saturated carbocycles. The van der Waals surface area contributed by atoms with E-state index < -0.39 is 0 Å². The molecule has 0 N–H and O–H groups in total. The minimum atomic E-state index is 0.0239. The van der Waals surface area contributed by atoms with Gasteiger partial charge in [-0.2, -0.15) is 0 Å². The van der Waals surface area contributed by atoms with Crippen molar-refractivity contribution >= 4 is 27.5 Å². The highest BCUT2D eigenvalue weighted by atomic mass is 79.9. The fourth-order valence-electron chi connectivity index (χ4n) is 2.56. The molecule has 20 heavy (non-hydrogen) atoms. The number of morpholine rings is 1. The molecule has 1 aliphatic rings. The molecular formula is C14H16BrN3O2. The maximum absolute atomic E-state index is 12.7. The van der Waals surface area contributed by atoms with Gasteiger partial charge in [-0.25, -0.2) is 4.98 Å². The first-order chi connectivity index (χ1) is 9.58. The topological polar surface area (TPSA) is 46.8 Å². The second-order valence-electron chi connectivity index (χ2n) is 4.99. The van der Waals surface area contributed by atoms with Gasteiger partial charge in [0.15, 0.2) is 0 Å². The van der Waals surface area contributed by atoms with Crippen LogP contribution < -0.4 is 0 Å². The van der Waals surface area contributed by atoms with Gasteiger partial charge in [-0.3, -0.25) is 9.20 Å². The van der Waals surface area contributed by atoms with Crippen molar-refractivity contribution in [2.75, 3.05) is 26.3 Å². The Hall–Kier alpha value is -1.40. The van der Waals surface area contributed by atoms with Crippen LogP contribution >= 0.6 is 15.9 Å². The van der Waals surface area contributed by atoms with E-state index in [4.69, 9.17) is 4.74 Å². The van der Waals surface area contributed by atoms with E-state index in [-0.39, 0.29) is 5.91 Å². The van der Waals surface area contributed by atoms with Crippen LogP contribution in [-0.4, -0.2) is 46.5 Å². The first kappa shape index (κ1) is 13.6. The second-order valence-corrected chi connectivity index (χ2v) is 5.90. The van der Waals surface area contributed by atoms with Crippen molar-refractivity contribution in [1.82, 2.24) is 14.3 Å². The Kier molecular flexibility index (Phi) is 3.52. The van der Waals surface area contributed by atoms with Crippen LogP contribution in [0.15, 0.2) is 16.7 Å². The molecule has 1 amide bonds. The zero-order valence-corrected chi connectivity index (χ0v) is 13.1. The quantitative estimate of drug-likeness (QED) is 0.801. The van der Waals surface area contributed by atoms with Crippen molar-refractivity contribution in [2.24, 2.45) is 0 Å². The summed E-state index contributed by atoms with van der Waals surface area (Å²) in [4.78, 5) is 19.1. The number of halogens is 1. The van der Waals surface area contributed by atoms with Crippen LogP contribution in [0.3, 0.4) is 0 Å². The molecule has 1 aliphatic heterocycles. The Morgan fingerprint density at radius 3 is 2.75 bits per heavy atom. The molecule has 0 spiro atoms. The summed E-state index contributed by atoms with van der Waals surface area (Å²) in [6.07, 6.45) is 1.90. The number of aryl methyl sites for hydroxylation is 2. The third kappa shape index (κ3) is 2.23. The van der Waals surface area contributed by atoms with Gasteiger partial charge in [0.2, 0.25) is 0 Å². The monoisotopic (exact) mass is 337 g/mol. The lowest BCUT2D eigenvalue weighted by Crippen LogP contribution is -2.41. The van der Waals surface area contributed by atoms with Gasteiger partial charge in [0, 0.05) is 23.8 Å². The van der Waals surface area contributed by atoms with E-state index in [0.29, 0.717) is 32.0 Å². The maximum atomic E-state index is 12.7. The number of aromatic nitrogens is 2. The summed E-state index contributed by atoms with van der Waals surface area (Å²) in [6.45, 7) is 6.36. The van der Waals surface area contributed by atoms with Crippen LogP contribution in [0.25, 0.3) is 5.65 Å². The van der Waals surface area contributed by atoms with Gasteiger partial charge < -0.3 is 9.64 Å². The van der Waals surface area contributed by atoms with Crippen LogP contribution in [0.4, 0.5) is 0 Å². The summed E-state index contributed by atoms with van der Waals surface area (Å²) in [5.74, 6) is 0.0239. The fraction of sp³-hybridized carbons (Fsp3) is 0.429. The molecule has 1 fully saturated rings. The van der Waals surface area contributed by atoms with Crippen LogP contribution in [0, 0.1) is 13.8 Å². The third-order valence-corrected chi connectivity index (χ3v) is 3.98. The van der Waals surface area contributed by atoms with Crippen molar-refractivity contribution in [3.63, 3.8) is 0 Å². The zero-order valence-electron chi connectivity index (χ0n) is 11.5. The number of pyridine rings is 1. The number of ether oxygens (including phenoxy) is 1. The molecule has 2 aromatic rings. The van der Waals surface area contributed by atoms with E-state index in [1.54, 1.807) is 0 Å². The van der Waals surface area contributed by atoms with Crippen molar-refractivity contribution in [3.05, 3.63) is 33.7 Å². The van der Waals surface area contributed by atoms with E-state index in [0.717, 1.165) is 21.4 Å². The lowest BCUT2D eigenvalue weighted by Gasteiger charge is -2.26. The van der Waals surface area contributed by atoms with Gasteiger partial charge >= 0.3 is 0 Å². The van der Waals surface area contributed by atoms with Crippen LogP contribution in [0.5, 0.6) is 0 Å². The molecule has 106 valence electrons. The van der Waals surface area contributed by atoms with E-state index in [1.165, 1.54) is 0 Å². The Balaban J connectivity index is 2.10. The molecule has 3 rings (SSSR count). The van der Waals surface area contributed by atoms with Crippen molar-refractivity contribution in [2.45, 2.75) is 13.8 Å². The summed E-state index contributed by atoms with van der Waals surface area (Å²) in [6, 6.07) is 2.00. The average molecular weight is 338 g/mol. The fourth-order valence-corrected chi connectivity index (χ4v) is 3.10. The molecule has 0 bridgehead atoms. The summed E-state index contributed by atoms with van der Waals surface area (Å²) in [5, 5.41) is 0. The SMILES string of the molecule is Cc1nc2c(C)cc(Br)cn2c1C(=O)N1CCOCC1. The van der Waals surface area contributed by atoms with Gasteiger partial charge in [0.25, 0.3) is 5.91 Å². The summed E-state index contributed by atoms with van der Waals surface area (Å²) < 4.78 is 8.12. The minimum absolute atomic E-state index is 0.0239. The Morgan fingerprint density at radius 1 is 1.35 bits per heavy atom. The largest absolute Gasteiger partial charge is 0.378 e. The van der Waals surface area contributed by atoms with E-state index in [1.807, 2.05) is 35.4 Å². The molecule has 6 heteroatoms. The summed E-state index contributed by atoms with van der Waals surface area (Å²) >= 11 is 3.48. The van der Waals surface area contributed by atoms with E-state index >= 15 is 0 Å². The van der Waals surface area contributed by atoms with Gasteiger partial charge in [-0.1, -0.05) is 0 Å². The minimum Gasteiger partial charge on any atom is -0.378 e. The second kappa shape index (κ2) is 5.18. The number of nitrogens with zero attached hydrogens (tertiary/aromatic N) is 3. The highest BCUT2D eigenvalue weighted by Gasteiger charge is 2.24. The summed E-state index contributed by atoms with van der Waals surface area (Å²) in [7, 11) is 0. The predicted molar refractivity (Wildman–Crippen MR) is 79.1 cm³/mol. The molecule has 0 aromatic carbocycles. The average Bonchev–Trinajstić information content (AvgIpc) is 2.76. The Morgan fingerprint density at radius 2 is 2.05 bits per heavy atom. The highest BCUT2D eigenvalue weighted by molar-refractivity contribution is 9.10. The number of imidazole rings is 1. The molecule has 0 atom stereocenters. The number of rotatable bonds is 1. The van der Waals surface area contributed by atoms with Gasteiger partial charge in [0.1, 0.15) is 11.3 Å². The number of amides is 1. The van der Waals surface area contributed by atoms with Gasteiger partial charge in [-0.15, -0.1) is 0 Å². The van der Waals surface area contributed by atoms with E-state index in [9.17, 15) is 4.79 Å². The molecule has 0 unspecified atom stereocenters. The number of fused-ring (bicyclic) bond motifs is 1. The number of hydrogen-bond acceptors (Lipinski definition) is 3. The first-order valence-corrected chi connectivity index (χ1v) is 7.39. The maximum Gasteiger partial charge on any atom is 0.272 e. The van der Waals surface area contributed by atoms with Crippen molar-refractivity contribution in [1.29, 1.82) is 0 Å². The Labute approximate surface area is 125 Å². The predicted octanol–water partition coefficient (Wildman–Crippen LogP) is 2.19. The molecular weight excluding hydrogens is 322 g/mol. The Bertz CT molecular complexity index is 675. The summed E-state index contributed by atoms with van der Waals surface area (Å²) in [5.41, 5.74) is 3.29. The molecule has 2 aromatic heterocycles. The first-order valence-electron chi connectivity index (χ1n) is 6.60. The van der Waals surface area contributed by atoms with Crippen molar-refractivity contribution in [3.8, 4) is 0 Å². The third-order valence-electron chi connectivity index (χ3n) is 3.55. The number of hydrogen-bond donors (Lipinski definition) is 0. The lowest BCUT2D eigenvalue weighted by molar-refractivity contribution is 0.0297. The molecule has 1 saturated heterocycles. The van der Waals surface area contributed by atoms with Gasteiger partial charge in [0.05, 0.1) is 18.9 Å². The molecule has 5 nitrogen and oxygen atoms in total. The van der Waals surface area contributed by atoms with E-state index in [2.05, 4.69) is 20.9 Å². The number of carbonyl (C=O) groups excluding carboxylic acids is 1. The lowest BCUT2D eigenvalue weighted by atomic mass is 10.2. The standard InChI is InChI=1S/C14H16BrN3O2/c1-9-7-11(15)8-18-12(10(2)16-13(9)18)14(19)17-3-5-20-6-4-17/h7-8H,3-6H2,1-2H3. The molecule has 0 aliphatic carbocycles. The van der Waals surface area contributed by atoms with Crippen LogP contribution in [-0.2, 0) is 4.74 Å². The van der Waals surface area contributed by atoms with Crippen LogP contribution in [0.1, 0.15) is 21.7 Å².